The van der Waals surface area contributed by atoms with E-state index in [9.17, 15) is 23.3 Å². The summed E-state index contributed by atoms with van der Waals surface area (Å²) in [6.07, 6.45) is -2.33. The SMILES string of the molecule is O=[N+]([O-])c1cn2c(n1)OC[C@@H](OCc1cccc(-c3ccc(C(F)(F)F)nc3)c1)C2. The molecule has 4 rings (SSSR count). The van der Waals surface area contributed by atoms with Crippen molar-refractivity contribution in [3.63, 3.8) is 0 Å². The second-order valence-electron chi connectivity index (χ2n) is 6.67. The Labute approximate surface area is 168 Å². The maximum absolute atomic E-state index is 12.7. The van der Waals surface area contributed by atoms with Gasteiger partial charge >= 0.3 is 18.0 Å². The summed E-state index contributed by atoms with van der Waals surface area (Å²) in [4.78, 5) is 17.5. The van der Waals surface area contributed by atoms with Crippen LogP contribution < -0.4 is 4.74 Å². The van der Waals surface area contributed by atoms with Crippen LogP contribution in [0.3, 0.4) is 0 Å². The van der Waals surface area contributed by atoms with Gasteiger partial charge in [-0.1, -0.05) is 24.3 Å². The number of ether oxygens (including phenoxy) is 2. The monoisotopic (exact) mass is 420 g/mol. The maximum Gasteiger partial charge on any atom is 0.433 e. The molecule has 0 bridgehead atoms. The number of hydrogen-bond donors (Lipinski definition) is 0. The van der Waals surface area contributed by atoms with Gasteiger partial charge in [-0.25, -0.2) is 0 Å². The standard InChI is InChI=1S/C19H15F3N4O4/c20-19(21,22)16-5-4-14(7-23-16)13-3-1-2-12(6-13)10-29-15-8-25-9-17(26(27)28)24-18(25)30-11-15/h1-7,9,15H,8,10-11H2/t15-/m0/s1. The van der Waals surface area contributed by atoms with Crippen molar-refractivity contribution >= 4 is 5.82 Å². The number of rotatable bonds is 5. The van der Waals surface area contributed by atoms with Crippen molar-refractivity contribution in [2.45, 2.75) is 25.4 Å². The summed E-state index contributed by atoms with van der Waals surface area (Å²) in [6, 6.07) is 9.69. The highest BCUT2D eigenvalue weighted by Crippen LogP contribution is 2.29. The van der Waals surface area contributed by atoms with Crippen LogP contribution >= 0.6 is 0 Å². The van der Waals surface area contributed by atoms with Crippen LogP contribution in [0.5, 0.6) is 6.01 Å². The molecule has 0 aliphatic carbocycles. The Hall–Kier alpha value is -3.47. The van der Waals surface area contributed by atoms with E-state index in [4.69, 9.17) is 9.47 Å². The number of nitrogens with zero attached hydrogens (tertiary/aromatic N) is 4. The number of halogens is 3. The molecule has 0 N–H and O–H groups in total. The van der Waals surface area contributed by atoms with E-state index < -0.39 is 16.8 Å². The van der Waals surface area contributed by atoms with E-state index in [1.54, 1.807) is 18.2 Å². The van der Waals surface area contributed by atoms with E-state index in [-0.39, 0.29) is 31.1 Å². The van der Waals surface area contributed by atoms with E-state index in [0.717, 1.165) is 11.6 Å². The smallest absolute Gasteiger partial charge is 0.433 e. The molecule has 2 aromatic heterocycles. The van der Waals surface area contributed by atoms with Gasteiger partial charge in [-0.15, -0.1) is 0 Å². The molecule has 1 aromatic carbocycles. The van der Waals surface area contributed by atoms with Gasteiger partial charge in [0.15, 0.2) is 0 Å². The summed E-state index contributed by atoms with van der Waals surface area (Å²) >= 11 is 0. The molecule has 8 nitrogen and oxygen atoms in total. The van der Waals surface area contributed by atoms with Crippen molar-refractivity contribution in [3.8, 4) is 17.1 Å². The molecular formula is C19H15F3N4O4. The molecule has 3 heterocycles. The summed E-state index contributed by atoms with van der Waals surface area (Å²) < 4.78 is 50.8. The van der Waals surface area contributed by atoms with Crippen LogP contribution in [0.1, 0.15) is 11.3 Å². The largest absolute Gasteiger partial charge is 0.443 e. The Morgan fingerprint density at radius 2 is 2.10 bits per heavy atom. The molecule has 0 saturated carbocycles. The first-order valence-electron chi connectivity index (χ1n) is 8.88. The Morgan fingerprint density at radius 3 is 2.80 bits per heavy atom. The van der Waals surface area contributed by atoms with Crippen LogP contribution in [0.2, 0.25) is 0 Å². The van der Waals surface area contributed by atoms with Gasteiger partial charge in [0.1, 0.15) is 24.6 Å². The van der Waals surface area contributed by atoms with E-state index in [0.29, 0.717) is 17.7 Å². The van der Waals surface area contributed by atoms with Crippen molar-refractivity contribution in [1.82, 2.24) is 14.5 Å². The van der Waals surface area contributed by atoms with Gasteiger partial charge in [-0.2, -0.15) is 13.2 Å². The summed E-state index contributed by atoms with van der Waals surface area (Å²) in [7, 11) is 0. The number of nitro groups is 1. The van der Waals surface area contributed by atoms with E-state index in [2.05, 4.69) is 9.97 Å². The zero-order valence-electron chi connectivity index (χ0n) is 15.4. The molecule has 0 radical (unpaired) electrons. The molecule has 0 saturated heterocycles. The van der Waals surface area contributed by atoms with Crippen LogP contribution in [-0.2, 0) is 24.1 Å². The van der Waals surface area contributed by atoms with Crippen LogP contribution in [0, 0.1) is 10.1 Å². The lowest BCUT2D eigenvalue weighted by Crippen LogP contribution is -2.32. The number of alkyl halides is 3. The summed E-state index contributed by atoms with van der Waals surface area (Å²) in [5.41, 5.74) is 1.14. The van der Waals surface area contributed by atoms with E-state index >= 15 is 0 Å². The van der Waals surface area contributed by atoms with Gasteiger partial charge < -0.3 is 19.6 Å². The van der Waals surface area contributed by atoms with Crippen molar-refractivity contribution in [2.24, 2.45) is 0 Å². The van der Waals surface area contributed by atoms with Gasteiger partial charge in [-0.05, 0) is 28.2 Å². The van der Waals surface area contributed by atoms with Gasteiger partial charge in [0.25, 0.3) is 0 Å². The fraction of sp³-hybridized carbons (Fsp3) is 0.263. The molecular weight excluding hydrogens is 405 g/mol. The second-order valence-corrected chi connectivity index (χ2v) is 6.67. The lowest BCUT2D eigenvalue weighted by atomic mass is 10.0. The quantitative estimate of drug-likeness (QED) is 0.460. The Kier molecular flexibility index (Phi) is 5.12. The van der Waals surface area contributed by atoms with Crippen molar-refractivity contribution < 1.29 is 27.6 Å². The molecule has 0 fully saturated rings. The fourth-order valence-corrected chi connectivity index (χ4v) is 3.05. The number of hydrogen-bond acceptors (Lipinski definition) is 6. The average Bonchev–Trinajstić information content (AvgIpc) is 3.16. The Bertz CT molecular complexity index is 1070. The highest BCUT2D eigenvalue weighted by atomic mass is 19.4. The minimum absolute atomic E-state index is 0.179. The third kappa shape index (κ3) is 4.25. The molecule has 1 aliphatic heterocycles. The third-order valence-corrected chi connectivity index (χ3v) is 4.51. The molecule has 3 aromatic rings. The van der Waals surface area contributed by atoms with Crippen molar-refractivity contribution in [1.29, 1.82) is 0 Å². The predicted molar refractivity (Wildman–Crippen MR) is 97.6 cm³/mol. The van der Waals surface area contributed by atoms with Crippen LogP contribution in [0.4, 0.5) is 19.0 Å². The summed E-state index contributed by atoms with van der Waals surface area (Å²) in [5.74, 6) is -0.288. The highest BCUT2D eigenvalue weighted by Gasteiger charge is 2.32. The van der Waals surface area contributed by atoms with Crippen LogP contribution in [-0.4, -0.2) is 32.2 Å². The highest BCUT2D eigenvalue weighted by molar-refractivity contribution is 5.63. The molecule has 11 heteroatoms. The zero-order chi connectivity index (χ0) is 21.3. The maximum atomic E-state index is 12.7. The molecule has 1 atom stereocenters. The van der Waals surface area contributed by atoms with Crippen molar-refractivity contribution in [3.05, 3.63) is 70.2 Å². The number of imidazole rings is 1. The lowest BCUT2D eigenvalue weighted by Gasteiger charge is -2.22. The topological polar surface area (TPSA) is 92.3 Å². The normalized spacial score (nSPS) is 16.0. The molecule has 0 amide bonds. The van der Waals surface area contributed by atoms with Crippen LogP contribution in [0.15, 0.2) is 48.8 Å². The first kappa shape index (κ1) is 19.8. The molecule has 0 unspecified atom stereocenters. The average molecular weight is 420 g/mol. The molecule has 30 heavy (non-hydrogen) atoms. The van der Waals surface area contributed by atoms with Crippen molar-refractivity contribution in [2.75, 3.05) is 6.61 Å². The minimum atomic E-state index is -4.48. The number of benzene rings is 1. The van der Waals surface area contributed by atoms with Crippen LogP contribution in [0.25, 0.3) is 11.1 Å². The Morgan fingerprint density at radius 1 is 1.27 bits per heavy atom. The van der Waals surface area contributed by atoms with Gasteiger partial charge in [0, 0.05) is 16.7 Å². The first-order valence-corrected chi connectivity index (χ1v) is 8.88. The fourth-order valence-electron chi connectivity index (χ4n) is 3.05. The first-order chi connectivity index (χ1) is 14.3. The third-order valence-electron chi connectivity index (χ3n) is 4.51. The molecule has 156 valence electrons. The lowest BCUT2D eigenvalue weighted by molar-refractivity contribution is -0.389. The van der Waals surface area contributed by atoms with Gasteiger partial charge in [-0.3, -0.25) is 9.55 Å². The van der Waals surface area contributed by atoms with Gasteiger partial charge in [0.2, 0.25) is 0 Å². The number of fused-ring (bicyclic) bond motifs is 1. The summed E-state index contributed by atoms with van der Waals surface area (Å²) in [6.45, 7) is 0.803. The summed E-state index contributed by atoms with van der Waals surface area (Å²) in [5, 5.41) is 10.8. The van der Waals surface area contributed by atoms with Gasteiger partial charge in [0.05, 0.1) is 13.2 Å². The van der Waals surface area contributed by atoms with E-state index in [1.165, 1.54) is 23.0 Å². The zero-order valence-corrected chi connectivity index (χ0v) is 15.4. The number of pyridine rings is 1. The molecule has 0 spiro atoms. The predicted octanol–water partition coefficient (Wildman–Crippen LogP) is 3.85. The second kappa shape index (κ2) is 7.75. The minimum Gasteiger partial charge on any atom is -0.443 e. The molecule has 1 aliphatic rings. The van der Waals surface area contributed by atoms with E-state index in [1.807, 2.05) is 6.07 Å². The Balaban J connectivity index is 1.41. The number of aromatic nitrogens is 3.